The Labute approximate surface area is 116 Å². The second-order valence-electron chi connectivity index (χ2n) is 3.87. The van der Waals surface area contributed by atoms with E-state index in [0.717, 1.165) is 0 Å². The minimum absolute atomic E-state index is 0.0128. The number of aryl methyl sites for hydroxylation is 1. The van der Waals surface area contributed by atoms with E-state index in [1.807, 2.05) is 6.92 Å². The van der Waals surface area contributed by atoms with E-state index in [9.17, 15) is 8.42 Å². The average Bonchev–Trinajstić information content (AvgIpc) is 2.75. The number of sulfonamides is 1. The fourth-order valence-electron chi connectivity index (χ4n) is 1.56. The molecule has 102 valence electrons. The Balaban J connectivity index is 2.32. The maximum Gasteiger partial charge on any atom is 0.264 e. The number of hydrogen-bond donors (Lipinski definition) is 2. The minimum atomic E-state index is -3.74. The van der Waals surface area contributed by atoms with E-state index in [2.05, 4.69) is 9.82 Å². The number of nitrogens with zero attached hydrogens (tertiary/aromatic N) is 2. The van der Waals surface area contributed by atoms with Gasteiger partial charge in [0.2, 0.25) is 0 Å². The first-order chi connectivity index (χ1) is 8.92. The molecule has 0 aliphatic rings. The van der Waals surface area contributed by atoms with Crippen molar-refractivity contribution in [2.24, 2.45) is 0 Å². The third kappa shape index (κ3) is 2.99. The number of aromatic nitrogens is 2. The van der Waals surface area contributed by atoms with Crippen LogP contribution >= 0.6 is 11.6 Å². The molecule has 6 nitrogen and oxygen atoms in total. The lowest BCUT2D eigenvalue weighted by atomic mass is 10.3. The zero-order valence-corrected chi connectivity index (χ0v) is 11.7. The highest BCUT2D eigenvalue weighted by Crippen LogP contribution is 2.24. The summed E-state index contributed by atoms with van der Waals surface area (Å²) in [6.45, 7) is 2.56. The molecule has 0 saturated heterocycles. The molecule has 0 aliphatic heterocycles. The van der Waals surface area contributed by atoms with E-state index >= 15 is 0 Å². The van der Waals surface area contributed by atoms with Gasteiger partial charge >= 0.3 is 0 Å². The van der Waals surface area contributed by atoms with Crippen molar-refractivity contribution < 1.29 is 8.42 Å². The molecule has 1 aromatic heterocycles. The number of halogens is 1. The van der Waals surface area contributed by atoms with Gasteiger partial charge in [0.05, 0.1) is 17.6 Å². The van der Waals surface area contributed by atoms with Crippen molar-refractivity contribution in [1.29, 1.82) is 0 Å². The van der Waals surface area contributed by atoms with Crippen LogP contribution in [-0.2, 0) is 16.6 Å². The lowest BCUT2D eigenvalue weighted by molar-refractivity contribution is 0.601. The van der Waals surface area contributed by atoms with Gasteiger partial charge in [-0.25, -0.2) is 8.42 Å². The van der Waals surface area contributed by atoms with Crippen LogP contribution in [0.5, 0.6) is 0 Å². The molecule has 3 N–H and O–H groups in total. The van der Waals surface area contributed by atoms with E-state index in [-0.39, 0.29) is 10.6 Å². The van der Waals surface area contributed by atoms with E-state index in [1.54, 1.807) is 10.9 Å². The number of anilines is 2. The van der Waals surface area contributed by atoms with Crippen LogP contribution in [0.15, 0.2) is 35.5 Å². The Morgan fingerprint density at radius 3 is 2.79 bits per heavy atom. The number of hydrogen-bond acceptors (Lipinski definition) is 4. The number of nitrogens with one attached hydrogen (secondary N) is 1. The van der Waals surface area contributed by atoms with Gasteiger partial charge in [0, 0.05) is 17.8 Å². The normalized spacial score (nSPS) is 11.5. The highest BCUT2D eigenvalue weighted by atomic mass is 35.5. The largest absolute Gasteiger partial charge is 0.398 e. The van der Waals surface area contributed by atoms with Crippen LogP contribution < -0.4 is 10.5 Å². The maximum absolute atomic E-state index is 12.2. The SMILES string of the molecule is CCn1cc(NS(=O)(=O)c2ccc(Cl)cc2N)cn1. The Bertz CT molecular complexity index is 696. The van der Waals surface area contributed by atoms with Gasteiger partial charge in [-0.2, -0.15) is 5.10 Å². The summed E-state index contributed by atoms with van der Waals surface area (Å²) in [5, 5.41) is 4.37. The van der Waals surface area contributed by atoms with E-state index in [4.69, 9.17) is 17.3 Å². The van der Waals surface area contributed by atoms with Crippen LogP contribution in [0.25, 0.3) is 0 Å². The lowest BCUT2D eigenvalue weighted by Gasteiger charge is -2.08. The molecule has 0 atom stereocenters. The van der Waals surface area contributed by atoms with Crippen molar-refractivity contribution in [3.05, 3.63) is 35.6 Å². The van der Waals surface area contributed by atoms with Crippen molar-refractivity contribution in [2.45, 2.75) is 18.4 Å². The van der Waals surface area contributed by atoms with Gasteiger partial charge in [-0.05, 0) is 25.1 Å². The molecule has 0 radical (unpaired) electrons. The molecule has 0 unspecified atom stereocenters. The quantitative estimate of drug-likeness (QED) is 0.844. The van der Waals surface area contributed by atoms with Crippen molar-refractivity contribution in [2.75, 3.05) is 10.5 Å². The van der Waals surface area contributed by atoms with Gasteiger partial charge < -0.3 is 5.73 Å². The molecule has 0 amide bonds. The van der Waals surface area contributed by atoms with Gasteiger partial charge in [0.25, 0.3) is 10.0 Å². The van der Waals surface area contributed by atoms with Crippen LogP contribution in [0, 0.1) is 0 Å². The fraction of sp³-hybridized carbons (Fsp3) is 0.182. The van der Waals surface area contributed by atoms with Crippen molar-refractivity contribution in [3.63, 3.8) is 0 Å². The third-order valence-corrected chi connectivity index (χ3v) is 4.16. The van der Waals surface area contributed by atoms with Gasteiger partial charge in [-0.3, -0.25) is 9.40 Å². The summed E-state index contributed by atoms with van der Waals surface area (Å²) in [7, 11) is -3.74. The Morgan fingerprint density at radius 2 is 2.21 bits per heavy atom. The lowest BCUT2D eigenvalue weighted by Crippen LogP contribution is -2.14. The number of benzene rings is 1. The molecular weight excluding hydrogens is 288 g/mol. The van der Waals surface area contributed by atoms with Gasteiger partial charge in [-0.1, -0.05) is 11.6 Å². The standard InChI is InChI=1S/C11H13ClN4O2S/c1-2-16-7-9(6-14-16)15-19(17,18)11-4-3-8(12)5-10(11)13/h3-7,15H,2,13H2,1H3. The number of nitrogen functional groups attached to an aromatic ring is 1. The topological polar surface area (TPSA) is 90.0 Å². The smallest absolute Gasteiger partial charge is 0.264 e. The Hall–Kier alpha value is -1.73. The fourth-order valence-corrected chi connectivity index (χ4v) is 2.89. The predicted octanol–water partition coefficient (Wildman–Crippen LogP) is 1.94. The maximum atomic E-state index is 12.2. The number of rotatable bonds is 4. The Kier molecular flexibility index (Phi) is 3.68. The highest BCUT2D eigenvalue weighted by molar-refractivity contribution is 7.92. The molecule has 1 aromatic carbocycles. The van der Waals surface area contributed by atoms with Crippen molar-refractivity contribution in [3.8, 4) is 0 Å². The molecule has 0 saturated carbocycles. The van der Waals surface area contributed by atoms with Gasteiger partial charge in [-0.15, -0.1) is 0 Å². The van der Waals surface area contributed by atoms with E-state index in [1.165, 1.54) is 24.4 Å². The average molecular weight is 301 g/mol. The molecule has 2 rings (SSSR count). The van der Waals surface area contributed by atoms with Crippen LogP contribution in [0.2, 0.25) is 5.02 Å². The summed E-state index contributed by atoms with van der Waals surface area (Å²) in [5.74, 6) is 0. The monoisotopic (exact) mass is 300 g/mol. The van der Waals surface area contributed by atoms with E-state index < -0.39 is 10.0 Å². The van der Waals surface area contributed by atoms with Crippen molar-refractivity contribution >= 4 is 33.0 Å². The summed E-state index contributed by atoms with van der Waals surface area (Å²) >= 11 is 5.74. The molecule has 0 spiro atoms. The minimum Gasteiger partial charge on any atom is -0.398 e. The highest BCUT2D eigenvalue weighted by Gasteiger charge is 2.18. The van der Waals surface area contributed by atoms with Gasteiger partial charge in [0.15, 0.2) is 0 Å². The van der Waals surface area contributed by atoms with Crippen LogP contribution in [-0.4, -0.2) is 18.2 Å². The van der Waals surface area contributed by atoms with E-state index in [0.29, 0.717) is 17.3 Å². The van der Waals surface area contributed by atoms with Crippen LogP contribution in [0.4, 0.5) is 11.4 Å². The molecule has 0 bridgehead atoms. The zero-order chi connectivity index (χ0) is 14.0. The summed E-state index contributed by atoms with van der Waals surface area (Å²) in [6, 6.07) is 4.23. The molecule has 0 fully saturated rings. The summed E-state index contributed by atoms with van der Waals surface area (Å²) in [5.41, 5.74) is 6.15. The molecular formula is C11H13ClN4O2S. The van der Waals surface area contributed by atoms with Crippen LogP contribution in [0.3, 0.4) is 0 Å². The zero-order valence-electron chi connectivity index (χ0n) is 10.2. The second kappa shape index (κ2) is 5.10. The first-order valence-corrected chi connectivity index (χ1v) is 7.39. The summed E-state index contributed by atoms with van der Waals surface area (Å²) in [4.78, 5) is -0.0128. The summed E-state index contributed by atoms with van der Waals surface area (Å²) in [6.07, 6.45) is 3.04. The molecule has 19 heavy (non-hydrogen) atoms. The number of nitrogens with two attached hydrogens (primary N) is 1. The predicted molar refractivity (Wildman–Crippen MR) is 74.6 cm³/mol. The van der Waals surface area contributed by atoms with Crippen LogP contribution in [0.1, 0.15) is 6.92 Å². The molecule has 2 aromatic rings. The first kappa shape index (κ1) is 13.7. The molecule has 1 heterocycles. The molecule has 8 heteroatoms. The Morgan fingerprint density at radius 1 is 1.47 bits per heavy atom. The van der Waals surface area contributed by atoms with Gasteiger partial charge in [0.1, 0.15) is 4.90 Å². The first-order valence-electron chi connectivity index (χ1n) is 5.52. The summed E-state index contributed by atoms with van der Waals surface area (Å²) < 4.78 is 28.3. The van der Waals surface area contributed by atoms with Crippen molar-refractivity contribution in [1.82, 2.24) is 9.78 Å². The third-order valence-electron chi connectivity index (χ3n) is 2.47. The molecule has 0 aliphatic carbocycles. The second-order valence-corrected chi connectivity index (χ2v) is 5.96.